The molecule has 3 aromatic rings. The molecule has 212 valence electrons. The first kappa shape index (κ1) is 30.3. The van der Waals surface area contributed by atoms with Crippen LogP contribution in [0.2, 0.25) is 0 Å². The smallest absolute Gasteiger partial charge is 0.204 e. The number of hydrogen-bond donors (Lipinski definition) is 3. The Morgan fingerprint density at radius 2 is 1.75 bits per heavy atom. The molecule has 3 N–H and O–H groups in total. The van der Waals surface area contributed by atoms with Gasteiger partial charge in [0.15, 0.2) is 17.1 Å². The van der Waals surface area contributed by atoms with E-state index < -0.39 is 23.9 Å². The summed E-state index contributed by atoms with van der Waals surface area (Å²) in [4.78, 5) is 35.2. The van der Waals surface area contributed by atoms with E-state index in [0.29, 0.717) is 23.0 Å². The molecule has 1 aliphatic rings. The molecule has 1 aliphatic carbocycles. The number of aliphatic hydroxyl groups excluding tert-OH is 2. The van der Waals surface area contributed by atoms with Crippen molar-refractivity contribution in [3.8, 4) is 28.4 Å². The van der Waals surface area contributed by atoms with Crippen LogP contribution in [0.3, 0.4) is 0 Å². The molecule has 1 saturated carbocycles. The lowest BCUT2D eigenvalue weighted by Crippen LogP contribution is -2.47. The largest absolute Gasteiger partial charge is 0.504 e. The molecule has 0 radical (unpaired) electrons. The lowest BCUT2D eigenvalue weighted by atomic mass is 9.76. The van der Waals surface area contributed by atoms with Gasteiger partial charge in [0.2, 0.25) is 11.2 Å². The minimum Gasteiger partial charge on any atom is -0.504 e. The number of carbonyl (C=O) groups excluding carboxylic acids is 2. The fraction of sp³-hybridized carbons (Fsp3) is 0.323. The lowest BCUT2D eigenvalue weighted by Gasteiger charge is -2.31. The van der Waals surface area contributed by atoms with Crippen LogP contribution in [0.25, 0.3) is 22.1 Å². The summed E-state index contributed by atoms with van der Waals surface area (Å²) >= 11 is 0. The van der Waals surface area contributed by atoms with E-state index in [1.165, 1.54) is 25.5 Å². The summed E-state index contributed by atoms with van der Waals surface area (Å²) in [5, 5.41) is 29.0. The van der Waals surface area contributed by atoms with Gasteiger partial charge in [0, 0.05) is 0 Å². The summed E-state index contributed by atoms with van der Waals surface area (Å²) in [6.45, 7) is 2.08. The number of hydrogen-bond acceptors (Lipinski definition) is 9. The molecule has 0 aliphatic heterocycles. The van der Waals surface area contributed by atoms with E-state index >= 15 is 0 Å². The third kappa shape index (κ3) is 6.86. The highest BCUT2D eigenvalue weighted by molar-refractivity contribution is 5.97. The molecule has 1 aromatic heterocycles. The average molecular weight is 551 g/mol. The first-order chi connectivity index (χ1) is 19.3. The SMILES string of the molecule is CCCC=CC=CC1CC(O)C(O)C(=O)C1C=O.COc1ccc(-c2coc3c(OC)c(O)ccc3c2=O)cc1. The Kier molecular flexibility index (Phi) is 10.8. The topological polar surface area (TPSA) is 144 Å². The van der Waals surface area contributed by atoms with Gasteiger partial charge in [-0.25, -0.2) is 0 Å². The van der Waals surface area contributed by atoms with Crippen molar-refractivity contribution in [2.24, 2.45) is 11.8 Å². The van der Waals surface area contributed by atoms with Gasteiger partial charge in [-0.05, 0) is 48.6 Å². The molecular formula is C31H34O9. The molecule has 9 heteroatoms. The van der Waals surface area contributed by atoms with Crippen molar-refractivity contribution in [1.29, 1.82) is 0 Å². The van der Waals surface area contributed by atoms with Gasteiger partial charge in [-0.1, -0.05) is 49.8 Å². The number of phenolic OH excluding ortho intramolecular Hbond substituents is 1. The van der Waals surface area contributed by atoms with Crippen LogP contribution >= 0.6 is 0 Å². The Bertz CT molecular complexity index is 1420. The Balaban J connectivity index is 0.000000226. The number of aromatic hydroxyl groups is 1. The Hall–Kier alpha value is -4.21. The molecular weight excluding hydrogens is 516 g/mol. The monoisotopic (exact) mass is 550 g/mol. The number of aldehydes is 1. The number of allylic oxidation sites excluding steroid dienone is 4. The third-order valence-corrected chi connectivity index (χ3v) is 6.65. The zero-order chi connectivity index (χ0) is 29.2. The third-order valence-electron chi connectivity index (χ3n) is 6.65. The molecule has 0 bridgehead atoms. The van der Waals surface area contributed by atoms with Crippen molar-refractivity contribution in [2.45, 2.75) is 38.4 Å². The van der Waals surface area contributed by atoms with E-state index in [4.69, 9.17) is 13.9 Å². The Labute approximate surface area is 232 Å². The summed E-state index contributed by atoms with van der Waals surface area (Å²) in [6.07, 6.45) is 9.09. The summed E-state index contributed by atoms with van der Waals surface area (Å²) in [7, 11) is 2.99. The number of benzene rings is 2. The second-order valence-electron chi connectivity index (χ2n) is 9.28. The minimum absolute atomic E-state index is 0.0738. The van der Waals surface area contributed by atoms with Crippen molar-refractivity contribution in [3.05, 3.63) is 77.2 Å². The van der Waals surface area contributed by atoms with Crippen LogP contribution in [0.5, 0.6) is 17.2 Å². The first-order valence-corrected chi connectivity index (χ1v) is 12.9. The molecule has 0 spiro atoms. The maximum atomic E-state index is 12.6. The number of carbonyl (C=O) groups is 2. The number of Topliss-reactive ketones (excluding diaryl/α,β-unsaturated/α-hetero) is 1. The average Bonchev–Trinajstić information content (AvgIpc) is 2.96. The normalized spacial score (nSPS) is 20.9. The predicted molar refractivity (Wildman–Crippen MR) is 151 cm³/mol. The molecule has 1 heterocycles. The molecule has 4 atom stereocenters. The Morgan fingerprint density at radius 1 is 1.02 bits per heavy atom. The molecule has 4 unspecified atom stereocenters. The Morgan fingerprint density at radius 3 is 2.38 bits per heavy atom. The van der Waals surface area contributed by atoms with Crippen LogP contribution in [0.15, 0.2) is 76.2 Å². The van der Waals surface area contributed by atoms with Crippen LogP contribution in [-0.4, -0.2) is 53.8 Å². The van der Waals surface area contributed by atoms with Crippen molar-refractivity contribution in [1.82, 2.24) is 0 Å². The van der Waals surface area contributed by atoms with Crippen LogP contribution < -0.4 is 14.9 Å². The second kappa shape index (κ2) is 14.3. The van der Waals surface area contributed by atoms with Gasteiger partial charge in [-0.15, -0.1) is 0 Å². The number of methoxy groups -OCH3 is 2. The van der Waals surface area contributed by atoms with Crippen LogP contribution in [0.4, 0.5) is 0 Å². The molecule has 1 fully saturated rings. The predicted octanol–water partition coefficient (Wildman–Crippen LogP) is 4.21. The number of phenols is 1. The lowest BCUT2D eigenvalue weighted by molar-refractivity contribution is -0.146. The van der Waals surface area contributed by atoms with E-state index in [0.717, 1.165) is 18.4 Å². The standard InChI is InChI=1S/C17H14O5.C14H20O4/c1-20-11-5-3-10(4-6-11)13-9-22-16-12(15(13)19)7-8-14(18)17(16)21-2;1-2-3-4-5-6-7-10-8-12(16)14(18)13(17)11(10)9-15/h3-9,18H,1-2H3;4-7,9-12,14,16,18H,2-3,8H2,1H3. The zero-order valence-electron chi connectivity index (χ0n) is 22.7. The van der Waals surface area contributed by atoms with Crippen molar-refractivity contribution in [2.75, 3.05) is 14.2 Å². The van der Waals surface area contributed by atoms with Gasteiger partial charge in [0.05, 0.1) is 37.2 Å². The van der Waals surface area contributed by atoms with Crippen LogP contribution in [0, 0.1) is 11.8 Å². The number of rotatable bonds is 8. The van der Waals surface area contributed by atoms with E-state index in [1.807, 2.05) is 12.2 Å². The van der Waals surface area contributed by atoms with Crippen molar-refractivity contribution < 1.29 is 38.8 Å². The van der Waals surface area contributed by atoms with Crippen LogP contribution in [0.1, 0.15) is 26.2 Å². The van der Waals surface area contributed by atoms with E-state index in [9.17, 15) is 29.7 Å². The zero-order valence-corrected chi connectivity index (χ0v) is 22.7. The van der Waals surface area contributed by atoms with Crippen LogP contribution in [-0.2, 0) is 9.59 Å². The summed E-state index contributed by atoms with van der Waals surface area (Å²) in [6, 6.07) is 10.1. The molecule has 4 rings (SSSR count). The highest BCUT2D eigenvalue weighted by Gasteiger charge is 2.41. The number of fused-ring (bicyclic) bond motifs is 1. The summed E-state index contributed by atoms with van der Waals surface area (Å²) in [5.74, 6) is -0.985. The van der Waals surface area contributed by atoms with Gasteiger partial charge < -0.3 is 34.0 Å². The molecule has 0 saturated heterocycles. The number of ether oxygens (including phenoxy) is 2. The molecule has 9 nitrogen and oxygen atoms in total. The second-order valence-corrected chi connectivity index (χ2v) is 9.28. The van der Waals surface area contributed by atoms with Gasteiger partial charge >= 0.3 is 0 Å². The van der Waals surface area contributed by atoms with E-state index in [1.54, 1.807) is 43.5 Å². The van der Waals surface area contributed by atoms with E-state index in [2.05, 4.69) is 6.92 Å². The molecule has 0 amide bonds. The number of ketones is 1. The van der Waals surface area contributed by atoms with E-state index in [-0.39, 0.29) is 34.8 Å². The molecule has 40 heavy (non-hydrogen) atoms. The first-order valence-electron chi connectivity index (χ1n) is 12.9. The van der Waals surface area contributed by atoms with Gasteiger partial charge in [0.25, 0.3) is 0 Å². The quantitative estimate of drug-likeness (QED) is 0.213. The maximum Gasteiger partial charge on any atom is 0.204 e. The highest BCUT2D eigenvalue weighted by Crippen LogP contribution is 2.34. The van der Waals surface area contributed by atoms with Gasteiger partial charge in [-0.3, -0.25) is 9.59 Å². The number of unbranched alkanes of at least 4 members (excludes halogenated alkanes) is 1. The van der Waals surface area contributed by atoms with Crippen molar-refractivity contribution in [3.63, 3.8) is 0 Å². The maximum absolute atomic E-state index is 12.6. The van der Waals surface area contributed by atoms with Gasteiger partial charge in [0.1, 0.15) is 24.4 Å². The van der Waals surface area contributed by atoms with Crippen molar-refractivity contribution >= 4 is 23.0 Å². The fourth-order valence-corrected chi connectivity index (χ4v) is 4.40. The number of aliphatic hydroxyl groups is 2. The molecule has 2 aromatic carbocycles. The fourth-order valence-electron chi connectivity index (χ4n) is 4.40. The summed E-state index contributed by atoms with van der Waals surface area (Å²) in [5.41, 5.74) is 1.20. The summed E-state index contributed by atoms with van der Waals surface area (Å²) < 4.78 is 15.7. The van der Waals surface area contributed by atoms with Gasteiger partial charge in [-0.2, -0.15) is 0 Å². The minimum atomic E-state index is -1.43. The highest BCUT2D eigenvalue weighted by atomic mass is 16.5.